The smallest absolute Gasteiger partial charge is 0.264 e. The van der Waals surface area contributed by atoms with Crippen LogP contribution in [0.1, 0.15) is 90.7 Å². The third-order valence-electron chi connectivity index (χ3n) is 14.1. The van der Waals surface area contributed by atoms with Gasteiger partial charge in [-0.15, -0.1) is 0 Å². The average molecular weight is 1040 g/mol. The van der Waals surface area contributed by atoms with Crippen molar-refractivity contribution in [3.05, 3.63) is 188 Å². The van der Waals surface area contributed by atoms with Gasteiger partial charge in [-0.2, -0.15) is 13.0 Å². The first-order chi connectivity index (χ1) is 32.2. The van der Waals surface area contributed by atoms with Crippen molar-refractivity contribution in [2.45, 2.75) is 90.4 Å². The molecule has 9 rings (SSSR count). The van der Waals surface area contributed by atoms with Crippen LogP contribution in [0.4, 0.5) is 22.7 Å². The van der Waals surface area contributed by atoms with E-state index in [2.05, 4.69) is 226 Å². The van der Waals surface area contributed by atoms with Gasteiger partial charge >= 0.3 is 0 Å². The van der Waals surface area contributed by atoms with Gasteiger partial charge in [0.25, 0.3) is 10.1 Å². The Labute approximate surface area is 414 Å². The number of unbranched alkanes of at least 4 members (excludes halogenated alkanes) is 3. The van der Waals surface area contributed by atoms with Crippen LogP contribution < -0.4 is 9.80 Å². The highest BCUT2D eigenvalue weighted by Gasteiger charge is 2.46. The first-order valence-electron chi connectivity index (χ1n) is 23.7. The summed E-state index contributed by atoms with van der Waals surface area (Å²) < 4.78 is 37.8. The van der Waals surface area contributed by atoms with Crippen LogP contribution in [-0.2, 0) is 20.9 Å². The fourth-order valence-electron chi connectivity index (χ4n) is 10.9. The highest BCUT2D eigenvalue weighted by molar-refractivity contribution is 9.10. The molecule has 0 unspecified atom stereocenters. The normalized spacial score (nSPS) is 17.8. The molecule has 6 nitrogen and oxygen atoms in total. The molecular formula is C58H60Br2N3O3S+. The lowest BCUT2D eigenvalue weighted by atomic mass is 9.79. The lowest BCUT2D eigenvalue weighted by Crippen LogP contribution is -2.28. The average Bonchev–Trinajstić information content (AvgIpc) is 3.88. The lowest BCUT2D eigenvalue weighted by Gasteiger charge is -2.29. The standard InChI is InChI=1S/C58H59Br2N3O3S/c1-6-7-12-37-61-50-33-21-40-15-8-10-17-48(40)54(50)57(2,3)52(61)35-23-42-19-20-43(56(42)63(46-29-25-44(59)26-30-46)47-31-27-45(60)28-32-47)24-36-53-58(4,5)55-49-18-11-9-16-41(49)22-34-51(55)62(53)38-13-14-39-67(64,65)66/h8-11,15-18,21-36H,6-7,12-14,19-20,37-39H2,1-5H3/p+1. The van der Waals surface area contributed by atoms with Crippen LogP contribution in [0.2, 0.25) is 0 Å². The first-order valence-corrected chi connectivity index (χ1v) is 26.9. The number of anilines is 3. The van der Waals surface area contributed by atoms with Crippen molar-refractivity contribution in [2.24, 2.45) is 0 Å². The number of allylic oxidation sites excluding steroid dienone is 7. The van der Waals surface area contributed by atoms with E-state index in [-0.39, 0.29) is 16.6 Å². The predicted octanol–water partition coefficient (Wildman–Crippen LogP) is 15.8. The van der Waals surface area contributed by atoms with E-state index in [1.807, 2.05) is 0 Å². The molecule has 0 amide bonds. The van der Waals surface area contributed by atoms with Gasteiger partial charge < -0.3 is 9.80 Å². The molecule has 0 saturated heterocycles. The van der Waals surface area contributed by atoms with Crippen molar-refractivity contribution < 1.29 is 17.5 Å². The molecule has 67 heavy (non-hydrogen) atoms. The van der Waals surface area contributed by atoms with Gasteiger partial charge in [0.2, 0.25) is 5.69 Å². The predicted molar refractivity (Wildman–Crippen MR) is 288 cm³/mol. The van der Waals surface area contributed by atoms with E-state index in [4.69, 9.17) is 0 Å². The van der Waals surface area contributed by atoms with E-state index in [0.29, 0.717) is 19.4 Å². The molecule has 0 aromatic heterocycles. The first kappa shape index (κ1) is 47.0. The molecule has 0 atom stereocenters. The summed E-state index contributed by atoms with van der Waals surface area (Å²) in [5.41, 5.74) is 12.9. The fourth-order valence-corrected chi connectivity index (χ4v) is 12.0. The second-order valence-corrected chi connectivity index (χ2v) is 22.6. The van der Waals surface area contributed by atoms with Crippen LogP contribution >= 0.6 is 31.9 Å². The minimum absolute atomic E-state index is 0.226. The van der Waals surface area contributed by atoms with Crippen molar-refractivity contribution in [3.8, 4) is 0 Å². The zero-order chi connectivity index (χ0) is 47.1. The molecule has 0 radical (unpaired) electrons. The minimum Gasteiger partial charge on any atom is -0.344 e. The monoisotopic (exact) mass is 1040 g/mol. The van der Waals surface area contributed by atoms with Gasteiger partial charge in [-0.05, 0) is 151 Å². The van der Waals surface area contributed by atoms with Crippen molar-refractivity contribution >= 4 is 92.0 Å². The summed E-state index contributed by atoms with van der Waals surface area (Å²) in [4.78, 5) is 4.81. The van der Waals surface area contributed by atoms with Gasteiger partial charge in [0.15, 0.2) is 5.71 Å². The van der Waals surface area contributed by atoms with Crippen LogP contribution in [0, 0.1) is 0 Å². The minimum atomic E-state index is -4.05. The molecule has 0 bridgehead atoms. The van der Waals surface area contributed by atoms with Crippen LogP contribution in [0.5, 0.6) is 0 Å². The lowest BCUT2D eigenvalue weighted by molar-refractivity contribution is -0.438. The van der Waals surface area contributed by atoms with Gasteiger partial charge in [-0.1, -0.05) is 126 Å². The van der Waals surface area contributed by atoms with Crippen LogP contribution in [0.3, 0.4) is 0 Å². The number of hydrogen-bond donors (Lipinski definition) is 1. The quantitative estimate of drug-likeness (QED) is 0.0631. The third kappa shape index (κ3) is 9.29. The maximum Gasteiger partial charge on any atom is 0.264 e. The second-order valence-electron chi connectivity index (χ2n) is 19.2. The highest BCUT2D eigenvalue weighted by Crippen LogP contribution is 2.52. The second kappa shape index (κ2) is 19.1. The SMILES string of the molecule is CCCCC[N+]1=C(/C=C/C2=C(N(c3ccc(Br)cc3)c3ccc(Br)cc3)C(=C/C=C3/N(CCCCS(=O)(=O)O)c4ccc5ccccc5c4C3(C)C)/CC2)C(C)(C)c2c1ccc1ccccc21. The molecule has 6 aromatic carbocycles. The van der Waals surface area contributed by atoms with Gasteiger partial charge in [0.1, 0.15) is 6.54 Å². The van der Waals surface area contributed by atoms with Crippen LogP contribution in [0.15, 0.2) is 177 Å². The molecule has 6 aromatic rings. The number of rotatable bonds is 15. The largest absolute Gasteiger partial charge is 0.344 e. The van der Waals surface area contributed by atoms with E-state index < -0.39 is 10.1 Å². The molecule has 0 fully saturated rings. The number of fused-ring (bicyclic) bond motifs is 6. The van der Waals surface area contributed by atoms with Crippen molar-refractivity contribution in [3.63, 3.8) is 0 Å². The van der Waals surface area contributed by atoms with E-state index >= 15 is 0 Å². The third-order valence-corrected chi connectivity index (χ3v) is 15.9. The van der Waals surface area contributed by atoms with E-state index in [1.165, 1.54) is 73.8 Å². The van der Waals surface area contributed by atoms with Gasteiger partial charge in [0, 0.05) is 67.8 Å². The molecule has 0 spiro atoms. The topological polar surface area (TPSA) is 63.9 Å². The van der Waals surface area contributed by atoms with Gasteiger partial charge in [-0.25, -0.2) is 0 Å². The number of benzene rings is 6. The summed E-state index contributed by atoms with van der Waals surface area (Å²) in [6, 6.07) is 43.7. The maximum atomic E-state index is 11.8. The summed E-state index contributed by atoms with van der Waals surface area (Å²) in [5, 5.41) is 5.01. The molecular weight excluding hydrogens is 979 g/mol. The molecule has 1 aliphatic carbocycles. The number of hydrogen-bond acceptors (Lipinski definition) is 4. The number of halogens is 2. The van der Waals surface area contributed by atoms with Gasteiger partial charge in [0.05, 0.1) is 16.9 Å². The highest BCUT2D eigenvalue weighted by atomic mass is 79.9. The molecule has 0 saturated carbocycles. The van der Waals surface area contributed by atoms with Crippen molar-refractivity contribution in [1.82, 2.24) is 0 Å². The summed E-state index contributed by atoms with van der Waals surface area (Å²) in [7, 11) is -4.05. The van der Waals surface area contributed by atoms with Crippen LogP contribution in [0.25, 0.3) is 21.5 Å². The van der Waals surface area contributed by atoms with E-state index in [9.17, 15) is 13.0 Å². The Bertz CT molecular complexity index is 3100. The Morgan fingerprint density at radius 3 is 1.93 bits per heavy atom. The zero-order valence-electron chi connectivity index (χ0n) is 39.2. The van der Waals surface area contributed by atoms with Gasteiger partial charge in [-0.3, -0.25) is 4.55 Å². The van der Waals surface area contributed by atoms with E-state index in [0.717, 1.165) is 57.5 Å². The summed E-state index contributed by atoms with van der Waals surface area (Å²) in [5.74, 6) is -0.250. The Kier molecular flexibility index (Phi) is 13.4. The molecule has 2 heterocycles. The Morgan fingerprint density at radius 1 is 0.687 bits per heavy atom. The Balaban J connectivity index is 1.21. The summed E-state index contributed by atoms with van der Waals surface area (Å²) in [6.45, 7) is 13.3. The molecule has 3 aliphatic rings. The summed E-state index contributed by atoms with van der Waals surface area (Å²) in [6.07, 6.45) is 15.7. The van der Waals surface area contributed by atoms with Crippen LogP contribution in [-0.4, -0.2) is 42.1 Å². The Morgan fingerprint density at radius 2 is 1.30 bits per heavy atom. The van der Waals surface area contributed by atoms with Crippen molar-refractivity contribution in [1.29, 1.82) is 0 Å². The molecule has 2 aliphatic heterocycles. The Hall–Kier alpha value is -5.06. The number of nitrogens with zero attached hydrogens (tertiary/aromatic N) is 3. The van der Waals surface area contributed by atoms with E-state index in [1.54, 1.807) is 0 Å². The molecule has 9 heteroatoms. The fraction of sp³-hybridized carbons (Fsp3) is 0.293. The zero-order valence-corrected chi connectivity index (χ0v) is 43.2. The maximum absolute atomic E-state index is 11.8. The molecule has 1 N–H and O–H groups in total. The molecule has 344 valence electrons. The van der Waals surface area contributed by atoms with Crippen molar-refractivity contribution in [2.75, 3.05) is 28.6 Å². The summed E-state index contributed by atoms with van der Waals surface area (Å²) >= 11 is 7.43.